The molecule has 3 aromatic rings. The molecule has 1 aliphatic heterocycles. The summed E-state index contributed by atoms with van der Waals surface area (Å²) in [6.07, 6.45) is 0. The van der Waals surface area contributed by atoms with E-state index in [-0.39, 0.29) is 17.2 Å². The summed E-state index contributed by atoms with van der Waals surface area (Å²) in [5.74, 6) is -0.212. The summed E-state index contributed by atoms with van der Waals surface area (Å²) < 4.78 is 2.31. The van der Waals surface area contributed by atoms with Crippen LogP contribution >= 0.6 is 11.6 Å². The van der Waals surface area contributed by atoms with E-state index in [0.717, 1.165) is 10.3 Å². The number of aromatic nitrogens is 3. The molecule has 8 nitrogen and oxygen atoms in total. The fraction of sp³-hybridized carbons (Fsp3) is 0.300. The van der Waals surface area contributed by atoms with Crippen molar-refractivity contribution in [1.29, 1.82) is 0 Å². The molecule has 1 saturated heterocycles. The number of benzene rings is 1. The molecular weight excluding hydrogens is 394 g/mol. The van der Waals surface area contributed by atoms with Gasteiger partial charge in [-0.25, -0.2) is 9.78 Å². The van der Waals surface area contributed by atoms with Crippen LogP contribution in [0.4, 0.5) is 5.69 Å². The number of anilines is 1. The van der Waals surface area contributed by atoms with Crippen LogP contribution in [0.3, 0.4) is 0 Å². The molecule has 0 radical (unpaired) electrons. The molecule has 9 heteroatoms. The highest BCUT2D eigenvalue weighted by atomic mass is 35.5. The minimum absolute atomic E-state index is 0.212. The van der Waals surface area contributed by atoms with E-state index < -0.39 is 11.2 Å². The van der Waals surface area contributed by atoms with Crippen LogP contribution in [-0.4, -0.2) is 51.1 Å². The van der Waals surface area contributed by atoms with E-state index in [0.29, 0.717) is 36.6 Å². The van der Waals surface area contributed by atoms with Gasteiger partial charge in [0.25, 0.3) is 11.5 Å². The van der Waals surface area contributed by atoms with Gasteiger partial charge in [-0.15, -0.1) is 0 Å². The molecule has 0 aliphatic carbocycles. The zero-order chi connectivity index (χ0) is 20.7. The van der Waals surface area contributed by atoms with Crippen LogP contribution in [0.5, 0.6) is 0 Å². The second kappa shape index (κ2) is 7.36. The molecule has 1 fully saturated rings. The highest BCUT2D eigenvalue weighted by Gasteiger charge is 2.24. The van der Waals surface area contributed by atoms with Crippen LogP contribution in [0.15, 0.2) is 46.0 Å². The number of piperazine rings is 1. The molecule has 0 N–H and O–H groups in total. The number of hydrogen-bond acceptors (Lipinski definition) is 5. The number of halogens is 1. The Hall–Kier alpha value is -3.13. The number of hydrogen-bond donors (Lipinski definition) is 0. The number of fused-ring (bicyclic) bond motifs is 1. The third-order valence-corrected chi connectivity index (χ3v) is 5.53. The molecule has 2 aromatic heterocycles. The highest BCUT2D eigenvalue weighted by Crippen LogP contribution is 2.20. The molecule has 0 atom stereocenters. The fourth-order valence-corrected chi connectivity index (χ4v) is 3.68. The van der Waals surface area contributed by atoms with Crippen molar-refractivity contribution >= 4 is 34.2 Å². The van der Waals surface area contributed by atoms with E-state index in [1.165, 1.54) is 18.7 Å². The molecule has 0 bridgehead atoms. The van der Waals surface area contributed by atoms with E-state index in [2.05, 4.69) is 9.88 Å². The maximum atomic E-state index is 12.9. The van der Waals surface area contributed by atoms with Crippen LogP contribution < -0.4 is 16.1 Å². The van der Waals surface area contributed by atoms with Crippen molar-refractivity contribution in [2.24, 2.45) is 14.1 Å². The molecule has 1 aromatic carbocycles. The first-order valence-corrected chi connectivity index (χ1v) is 9.61. The number of nitrogens with zero attached hydrogens (tertiary/aromatic N) is 5. The van der Waals surface area contributed by atoms with Crippen LogP contribution in [0.25, 0.3) is 11.0 Å². The quantitative estimate of drug-likeness (QED) is 0.631. The maximum absolute atomic E-state index is 12.9. The van der Waals surface area contributed by atoms with Gasteiger partial charge >= 0.3 is 5.69 Å². The Balaban J connectivity index is 1.56. The Morgan fingerprint density at radius 1 is 0.931 bits per heavy atom. The summed E-state index contributed by atoms with van der Waals surface area (Å²) in [6.45, 7) is 2.49. The van der Waals surface area contributed by atoms with Gasteiger partial charge in [0.2, 0.25) is 0 Å². The van der Waals surface area contributed by atoms with Crippen molar-refractivity contribution in [3.63, 3.8) is 0 Å². The smallest absolute Gasteiger partial charge is 0.332 e. The summed E-state index contributed by atoms with van der Waals surface area (Å²) >= 11 is 5.94. The van der Waals surface area contributed by atoms with E-state index in [1.54, 1.807) is 17.0 Å². The average Bonchev–Trinajstić information content (AvgIpc) is 2.76. The number of aryl methyl sites for hydroxylation is 1. The van der Waals surface area contributed by atoms with Gasteiger partial charge < -0.3 is 9.80 Å². The van der Waals surface area contributed by atoms with Gasteiger partial charge in [0.15, 0.2) is 0 Å². The first kappa shape index (κ1) is 19.2. The van der Waals surface area contributed by atoms with Gasteiger partial charge in [-0.1, -0.05) is 11.6 Å². The lowest BCUT2D eigenvalue weighted by molar-refractivity contribution is 0.0741. The summed E-state index contributed by atoms with van der Waals surface area (Å²) in [5.41, 5.74) is 0.600. The SMILES string of the molecule is Cn1c(=O)c2ccc(C(=O)N3CCN(c4ccc(Cl)cc4)CC3)nc2n(C)c1=O. The molecule has 0 unspecified atom stereocenters. The second-order valence-electron chi connectivity index (χ2n) is 7.03. The predicted octanol–water partition coefficient (Wildman–Crippen LogP) is 1.25. The molecule has 29 heavy (non-hydrogen) atoms. The number of carbonyl (C=O) groups is 1. The van der Waals surface area contributed by atoms with Crippen LogP contribution in [0, 0.1) is 0 Å². The Morgan fingerprint density at radius 2 is 1.59 bits per heavy atom. The van der Waals surface area contributed by atoms with Crippen LogP contribution in [0.1, 0.15) is 10.5 Å². The normalized spacial score (nSPS) is 14.4. The first-order chi connectivity index (χ1) is 13.9. The molecule has 0 spiro atoms. The zero-order valence-corrected chi connectivity index (χ0v) is 16.9. The highest BCUT2D eigenvalue weighted by molar-refractivity contribution is 6.30. The van der Waals surface area contributed by atoms with Gasteiger partial charge in [-0.05, 0) is 36.4 Å². The zero-order valence-electron chi connectivity index (χ0n) is 16.1. The topological polar surface area (TPSA) is 80.4 Å². The number of pyridine rings is 1. The van der Waals surface area contributed by atoms with Crippen LogP contribution in [0.2, 0.25) is 5.02 Å². The number of rotatable bonds is 2. The van der Waals surface area contributed by atoms with Gasteiger partial charge in [0.1, 0.15) is 11.3 Å². The van der Waals surface area contributed by atoms with Crippen molar-refractivity contribution in [3.8, 4) is 0 Å². The lowest BCUT2D eigenvalue weighted by Gasteiger charge is -2.36. The van der Waals surface area contributed by atoms with E-state index in [1.807, 2.05) is 24.3 Å². The standard InChI is InChI=1S/C20H20ClN5O3/c1-23-17-15(18(27)24(2)20(23)29)7-8-16(22-17)19(28)26-11-9-25(10-12-26)14-5-3-13(21)4-6-14/h3-8H,9-12H2,1-2H3. The van der Waals surface area contributed by atoms with Crippen molar-refractivity contribution < 1.29 is 4.79 Å². The molecular formula is C20H20ClN5O3. The maximum Gasteiger partial charge on any atom is 0.332 e. The minimum Gasteiger partial charge on any atom is -0.368 e. The van der Waals surface area contributed by atoms with E-state index >= 15 is 0 Å². The fourth-order valence-electron chi connectivity index (χ4n) is 3.55. The van der Waals surface area contributed by atoms with Crippen molar-refractivity contribution in [1.82, 2.24) is 19.0 Å². The van der Waals surface area contributed by atoms with Crippen molar-refractivity contribution in [2.45, 2.75) is 0 Å². The largest absolute Gasteiger partial charge is 0.368 e. The Morgan fingerprint density at radius 3 is 2.24 bits per heavy atom. The van der Waals surface area contributed by atoms with E-state index in [4.69, 9.17) is 11.6 Å². The molecule has 1 aliphatic rings. The summed E-state index contributed by atoms with van der Waals surface area (Å²) in [4.78, 5) is 45.6. The molecule has 0 saturated carbocycles. The predicted molar refractivity (Wildman–Crippen MR) is 112 cm³/mol. The second-order valence-corrected chi connectivity index (χ2v) is 7.47. The van der Waals surface area contributed by atoms with Crippen LogP contribution in [-0.2, 0) is 14.1 Å². The monoisotopic (exact) mass is 413 g/mol. The molecule has 150 valence electrons. The van der Waals surface area contributed by atoms with E-state index in [9.17, 15) is 14.4 Å². The van der Waals surface area contributed by atoms with Gasteiger partial charge in [-0.3, -0.25) is 18.7 Å². The Kier molecular flexibility index (Phi) is 4.87. The lowest BCUT2D eigenvalue weighted by Crippen LogP contribution is -2.49. The molecule has 4 rings (SSSR count). The van der Waals surface area contributed by atoms with Crippen molar-refractivity contribution in [2.75, 3.05) is 31.1 Å². The summed E-state index contributed by atoms with van der Waals surface area (Å²) in [6, 6.07) is 10.7. The number of amides is 1. The number of carbonyl (C=O) groups excluding carboxylic acids is 1. The first-order valence-electron chi connectivity index (χ1n) is 9.23. The third kappa shape index (κ3) is 3.40. The van der Waals surface area contributed by atoms with Gasteiger partial charge in [-0.2, -0.15) is 0 Å². The Labute approximate surface area is 171 Å². The van der Waals surface area contributed by atoms with Crippen molar-refractivity contribution in [3.05, 3.63) is 68.0 Å². The average molecular weight is 414 g/mol. The lowest BCUT2D eigenvalue weighted by atomic mass is 10.2. The summed E-state index contributed by atoms with van der Waals surface area (Å²) in [5, 5.41) is 0.993. The third-order valence-electron chi connectivity index (χ3n) is 5.28. The summed E-state index contributed by atoms with van der Waals surface area (Å²) in [7, 11) is 2.96. The Bertz CT molecular complexity index is 1210. The molecule has 1 amide bonds. The minimum atomic E-state index is -0.476. The molecule has 3 heterocycles. The van der Waals surface area contributed by atoms with Gasteiger partial charge in [0, 0.05) is 51.0 Å². The van der Waals surface area contributed by atoms with Gasteiger partial charge in [0.05, 0.1) is 5.39 Å².